The lowest BCUT2D eigenvalue weighted by molar-refractivity contribution is 0.152. The number of piperidine rings is 1. The van der Waals surface area contributed by atoms with Crippen LogP contribution in [0.5, 0.6) is 11.9 Å². The number of methoxy groups -OCH3 is 1. The second kappa shape index (κ2) is 6.50. The summed E-state index contributed by atoms with van der Waals surface area (Å²) in [5.41, 5.74) is 0. The first-order chi connectivity index (χ1) is 7.38. The minimum absolute atomic E-state index is 0. The van der Waals surface area contributed by atoms with Crippen molar-refractivity contribution in [2.75, 3.05) is 20.2 Å². The average molecular weight is 246 g/mol. The van der Waals surface area contributed by atoms with E-state index in [4.69, 9.17) is 9.47 Å². The molecule has 1 N–H and O–H groups in total. The lowest BCUT2D eigenvalue weighted by atomic mass is 10.1. The molecule has 0 aromatic carbocycles. The van der Waals surface area contributed by atoms with Gasteiger partial charge in [-0.25, -0.2) is 4.98 Å². The Kier molecular flexibility index (Phi) is 5.28. The predicted molar refractivity (Wildman–Crippen MR) is 62.4 cm³/mol. The van der Waals surface area contributed by atoms with E-state index in [-0.39, 0.29) is 18.5 Å². The van der Waals surface area contributed by atoms with Crippen LogP contribution in [0.3, 0.4) is 0 Å². The third-order valence-electron chi connectivity index (χ3n) is 2.34. The lowest BCUT2D eigenvalue weighted by Crippen LogP contribution is -2.37. The second-order valence-electron chi connectivity index (χ2n) is 3.47. The van der Waals surface area contributed by atoms with E-state index in [1.165, 1.54) is 0 Å². The van der Waals surface area contributed by atoms with Crippen LogP contribution in [0.25, 0.3) is 0 Å². The van der Waals surface area contributed by atoms with Gasteiger partial charge in [0, 0.05) is 18.8 Å². The molecule has 1 aliphatic heterocycles. The van der Waals surface area contributed by atoms with E-state index in [1.54, 1.807) is 19.4 Å². The molecule has 1 aromatic heterocycles. The quantitative estimate of drug-likeness (QED) is 0.862. The molecular formula is C10H16ClN3O2. The number of hydrogen-bond acceptors (Lipinski definition) is 5. The van der Waals surface area contributed by atoms with Crippen molar-refractivity contribution in [3.63, 3.8) is 0 Å². The monoisotopic (exact) mass is 245 g/mol. The molecule has 1 fully saturated rings. The number of nitrogens with one attached hydrogen (secondary N) is 1. The smallest absolute Gasteiger partial charge is 0.319 e. The molecule has 0 radical (unpaired) electrons. The highest BCUT2D eigenvalue weighted by Crippen LogP contribution is 2.13. The summed E-state index contributed by atoms with van der Waals surface area (Å²) in [5.74, 6) is 0.531. The summed E-state index contributed by atoms with van der Waals surface area (Å²) in [6, 6.07) is 2.09. The second-order valence-corrected chi connectivity index (χ2v) is 3.47. The minimum Gasteiger partial charge on any atom is -0.481 e. The number of ether oxygens (including phenoxy) is 2. The molecule has 90 valence electrons. The normalized spacial score (nSPS) is 19.7. The van der Waals surface area contributed by atoms with E-state index in [0.717, 1.165) is 25.9 Å². The number of halogens is 1. The van der Waals surface area contributed by atoms with Crippen LogP contribution in [-0.4, -0.2) is 36.3 Å². The van der Waals surface area contributed by atoms with Crippen LogP contribution in [0, 0.1) is 0 Å². The molecule has 0 aliphatic carbocycles. The van der Waals surface area contributed by atoms with Gasteiger partial charge in [-0.2, -0.15) is 4.98 Å². The van der Waals surface area contributed by atoms with Crippen LogP contribution in [-0.2, 0) is 0 Å². The third kappa shape index (κ3) is 3.50. The first-order valence-electron chi connectivity index (χ1n) is 5.13. The maximum Gasteiger partial charge on any atom is 0.319 e. The standard InChI is InChI=1S/C10H15N3O2.ClH/c1-14-9-4-6-12-10(13-9)15-8-3-2-5-11-7-8;/h4,6,8,11H,2-3,5,7H2,1H3;1H. The Morgan fingerprint density at radius 2 is 2.38 bits per heavy atom. The summed E-state index contributed by atoms with van der Waals surface area (Å²) in [4.78, 5) is 8.14. The molecule has 1 unspecified atom stereocenters. The van der Waals surface area contributed by atoms with Crippen molar-refractivity contribution < 1.29 is 9.47 Å². The summed E-state index contributed by atoms with van der Waals surface area (Å²) < 4.78 is 10.6. The summed E-state index contributed by atoms with van der Waals surface area (Å²) >= 11 is 0. The highest BCUT2D eigenvalue weighted by atomic mass is 35.5. The fourth-order valence-corrected chi connectivity index (χ4v) is 1.57. The van der Waals surface area contributed by atoms with Crippen molar-refractivity contribution in [2.24, 2.45) is 0 Å². The molecule has 6 heteroatoms. The van der Waals surface area contributed by atoms with Crippen molar-refractivity contribution in [2.45, 2.75) is 18.9 Å². The molecule has 1 saturated heterocycles. The Balaban J connectivity index is 0.00000128. The van der Waals surface area contributed by atoms with Crippen molar-refractivity contribution in [3.8, 4) is 11.9 Å². The van der Waals surface area contributed by atoms with Gasteiger partial charge in [0.1, 0.15) is 6.10 Å². The van der Waals surface area contributed by atoms with E-state index in [0.29, 0.717) is 11.9 Å². The van der Waals surface area contributed by atoms with E-state index in [2.05, 4.69) is 15.3 Å². The minimum atomic E-state index is 0. The zero-order chi connectivity index (χ0) is 10.5. The van der Waals surface area contributed by atoms with Crippen LogP contribution >= 0.6 is 12.4 Å². The Hall–Kier alpha value is -1.07. The van der Waals surface area contributed by atoms with Crippen molar-refractivity contribution in [3.05, 3.63) is 12.3 Å². The first-order valence-corrected chi connectivity index (χ1v) is 5.13. The molecule has 2 heterocycles. The number of hydrogen-bond donors (Lipinski definition) is 1. The van der Waals surface area contributed by atoms with Crippen LogP contribution in [0.15, 0.2) is 12.3 Å². The van der Waals surface area contributed by atoms with Gasteiger partial charge in [-0.1, -0.05) is 0 Å². The van der Waals surface area contributed by atoms with E-state index in [9.17, 15) is 0 Å². The van der Waals surface area contributed by atoms with Gasteiger partial charge in [-0.15, -0.1) is 12.4 Å². The summed E-state index contributed by atoms with van der Waals surface area (Å²) in [7, 11) is 1.58. The maximum absolute atomic E-state index is 5.63. The van der Waals surface area contributed by atoms with E-state index in [1.807, 2.05) is 0 Å². The molecular weight excluding hydrogens is 230 g/mol. The third-order valence-corrected chi connectivity index (χ3v) is 2.34. The topological polar surface area (TPSA) is 56.3 Å². The van der Waals surface area contributed by atoms with Gasteiger partial charge in [-0.3, -0.25) is 0 Å². The molecule has 16 heavy (non-hydrogen) atoms. The molecule has 5 nitrogen and oxygen atoms in total. The van der Waals surface area contributed by atoms with Gasteiger partial charge < -0.3 is 14.8 Å². The number of aromatic nitrogens is 2. The number of rotatable bonds is 3. The van der Waals surface area contributed by atoms with Crippen LogP contribution in [0.2, 0.25) is 0 Å². The zero-order valence-electron chi connectivity index (χ0n) is 9.18. The zero-order valence-corrected chi connectivity index (χ0v) is 10.00. The highest BCUT2D eigenvalue weighted by Gasteiger charge is 2.15. The average Bonchev–Trinajstić information content (AvgIpc) is 2.31. The molecule has 1 atom stereocenters. The Labute approximate surface area is 101 Å². The molecule has 1 aliphatic rings. The Bertz CT molecular complexity index is 319. The Morgan fingerprint density at radius 3 is 3.06 bits per heavy atom. The molecule has 0 amide bonds. The van der Waals surface area contributed by atoms with E-state index >= 15 is 0 Å². The largest absolute Gasteiger partial charge is 0.481 e. The van der Waals surface area contributed by atoms with Gasteiger partial charge in [0.25, 0.3) is 0 Å². The van der Waals surface area contributed by atoms with Gasteiger partial charge in [0.2, 0.25) is 5.88 Å². The van der Waals surface area contributed by atoms with Gasteiger partial charge >= 0.3 is 6.01 Å². The number of nitrogens with zero attached hydrogens (tertiary/aromatic N) is 2. The molecule has 0 bridgehead atoms. The predicted octanol–water partition coefficient (Wildman–Crippen LogP) is 1.04. The highest BCUT2D eigenvalue weighted by molar-refractivity contribution is 5.85. The van der Waals surface area contributed by atoms with Crippen LogP contribution in [0.4, 0.5) is 0 Å². The molecule has 2 rings (SSSR count). The summed E-state index contributed by atoms with van der Waals surface area (Å²) in [6.07, 6.45) is 3.99. The van der Waals surface area contributed by atoms with Crippen molar-refractivity contribution >= 4 is 12.4 Å². The fraction of sp³-hybridized carbons (Fsp3) is 0.600. The molecule has 0 spiro atoms. The van der Waals surface area contributed by atoms with Crippen LogP contribution < -0.4 is 14.8 Å². The fourth-order valence-electron chi connectivity index (χ4n) is 1.57. The first kappa shape index (κ1) is 13.0. The van der Waals surface area contributed by atoms with Gasteiger partial charge in [0.15, 0.2) is 0 Å². The SMILES string of the molecule is COc1ccnc(OC2CCCNC2)n1.Cl. The summed E-state index contributed by atoms with van der Waals surface area (Å²) in [6.45, 7) is 1.93. The molecule has 1 aromatic rings. The van der Waals surface area contributed by atoms with Crippen molar-refractivity contribution in [1.82, 2.24) is 15.3 Å². The Morgan fingerprint density at radius 1 is 1.50 bits per heavy atom. The van der Waals surface area contributed by atoms with Crippen molar-refractivity contribution in [1.29, 1.82) is 0 Å². The molecule has 0 saturated carbocycles. The maximum atomic E-state index is 5.63. The van der Waals surface area contributed by atoms with Gasteiger partial charge in [-0.05, 0) is 19.4 Å². The van der Waals surface area contributed by atoms with Crippen LogP contribution in [0.1, 0.15) is 12.8 Å². The summed E-state index contributed by atoms with van der Waals surface area (Å²) in [5, 5.41) is 3.27. The van der Waals surface area contributed by atoms with E-state index < -0.39 is 0 Å². The lowest BCUT2D eigenvalue weighted by Gasteiger charge is -2.22. The van der Waals surface area contributed by atoms with Gasteiger partial charge in [0.05, 0.1) is 7.11 Å².